The molecule has 1 fully saturated rings. The Bertz CT molecular complexity index is 1270. The molecule has 1 N–H and O–H groups in total. The maximum atomic E-state index is 13.9. The van der Waals surface area contributed by atoms with Gasteiger partial charge in [0.15, 0.2) is 5.65 Å². The third-order valence-electron chi connectivity index (χ3n) is 5.87. The molecule has 1 aromatic carbocycles. The quantitative estimate of drug-likeness (QED) is 0.394. The Labute approximate surface area is 195 Å². The lowest BCUT2D eigenvalue weighted by molar-refractivity contribution is -0.0394. The Morgan fingerprint density at radius 2 is 2.15 bits per heavy atom. The molecule has 4 heterocycles. The maximum Gasteiger partial charge on any atom is 0.165 e. The minimum Gasteiger partial charge on any atom is -0.490 e. The van der Waals surface area contributed by atoms with Crippen LogP contribution in [0.5, 0.6) is 5.75 Å². The van der Waals surface area contributed by atoms with Crippen molar-refractivity contribution in [3.63, 3.8) is 0 Å². The Kier molecular flexibility index (Phi) is 6.39. The molecule has 2 atom stereocenters. The molecule has 34 heavy (non-hydrogen) atoms. The number of nitrogens with zero attached hydrogens (tertiary/aromatic N) is 5. The first-order chi connectivity index (χ1) is 16.6. The molecule has 1 saturated heterocycles. The second-order valence-electron chi connectivity index (χ2n) is 8.26. The van der Waals surface area contributed by atoms with Crippen molar-refractivity contribution in [2.75, 3.05) is 25.2 Å². The van der Waals surface area contributed by atoms with Crippen LogP contribution in [-0.2, 0) is 4.74 Å². The number of halogens is 2. The predicted octanol–water partition coefficient (Wildman–Crippen LogP) is 4.95. The molecule has 4 aromatic rings. The molecule has 178 valence electrons. The minimum atomic E-state index is -0.621. The van der Waals surface area contributed by atoms with Gasteiger partial charge in [-0.25, -0.2) is 23.0 Å². The Morgan fingerprint density at radius 3 is 2.97 bits per heavy atom. The number of rotatable bonds is 8. The third kappa shape index (κ3) is 4.58. The summed E-state index contributed by atoms with van der Waals surface area (Å²) in [5.74, 6) is 0.629. The third-order valence-corrected chi connectivity index (χ3v) is 5.87. The van der Waals surface area contributed by atoms with Crippen molar-refractivity contribution in [2.24, 2.45) is 0 Å². The van der Waals surface area contributed by atoms with E-state index in [-0.39, 0.29) is 18.9 Å². The standard InChI is InChI=1S/C24H26F2N6O2/c1-16(19-12-18(26)5-6-21(19)33-11-8-25)29-22-7-9-31-24(30-22)20(14-28-31)17-13-27-32(15-17)23-4-2-3-10-34-23/h5-7,9,12-16,23H,2-4,8,10-11H2,1H3,(H,29,30). The first-order valence-electron chi connectivity index (χ1n) is 11.4. The van der Waals surface area contributed by atoms with Gasteiger partial charge in [-0.15, -0.1) is 0 Å². The van der Waals surface area contributed by atoms with Crippen LogP contribution >= 0.6 is 0 Å². The fraction of sp³-hybridized carbons (Fsp3) is 0.375. The van der Waals surface area contributed by atoms with Gasteiger partial charge in [0.1, 0.15) is 36.9 Å². The highest BCUT2D eigenvalue weighted by atomic mass is 19.1. The average molecular weight is 469 g/mol. The summed E-state index contributed by atoms with van der Waals surface area (Å²) < 4.78 is 41.3. The number of nitrogens with one attached hydrogen (secondary N) is 1. The zero-order valence-electron chi connectivity index (χ0n) is 18.8. The van der Waals surface area contributed by atoms with Gasteiger partial charge in [0.2, 0.25) is 0 Å². The molecule has 5 rings (SSSR count). The van der Waals surface area contributed by atoms with Crippen LogP contribution in [0.2, 0.25) is 0 Å². The van der Waals surface area contributed by atoms with Crippen molar-refractivity contribution in [1.82, 2.24) is 24.4 Å². The van der Waals surface area contributed by atoms with Gasteiger partial charge >= 0.3 is 0 Å². The number of alkyl halides is 1. The topological polar surface area (TPSA) is 78.5 Å². The van der Waals surface area contributed by atoms with Crippen LogP contribution in [-0.4, -0.2) is 44.3 Å². The molecule has 0 spiro atoms. The molecule has 1 aliphatic heterocycles. The van der Waals surface area contributed by atoms with Gasteiger partial charge in [-0.1, -0.05) is 0 Å². The van der Waals surface area contributed by atoms with Gasteiger partial charge in [0, 0.05) is 35.7 Å². The molecule has 0 radical (unpaired) electrons. The number of aromatic nitrogens is 5. The Balaban J connectivity index is 1.40. The molecule has 0 saturated carbocycles. The summed E-state index contributed by atoms with van der Waals surface area (Å²) in [6.45, 7) is 1.91. The zero-order chi connectivity index (χ0) is 23.5. The van der Waals surface area contributed by atoms with E-state index in [4.69, 9.17) is 14.5 Å². The van der Waals surface area contributed by atoms with E-state index in [1.807, 2.05) is 24.0 Å². The maximum absolute atomic E-state index is 13.9. The van der Waals surface area contributed by atoms with E-state index in [9.17, 15) is 8.78 Å². The van der Waals surface area contributed by atoms with E-state index in [1.54, 1.807) is 23.0 Å². The molecule has 0 aliphatic carbocycles. The SMILES string of the molecule is CC(Nc1ccn2ncc(-c3cnn(C4CCCCO4)c3)c2n1)c1cc(F)ccc1OCCF. The minimum absolute atomic E-state index is 0.0459. The highest BCUT2D eigenvalue weighted by Gasteiger charge is 2.19. The molecular formula is C24H26F2N6O2. The average Bonchev–Trinajstić information content (AvgIpc) is 3.51. The van der Waals surface area contributed by atoms with Gasteiger partial charge in [-0.2, -0.15) is 10.2 Å². The largest absolute Gasteiger partial charge is 0.490 e. The molecule has 10 heteroatoms. The molecule has 0 bridgehead atoms. The van der Waals surface area contributed by atoms with Crippen molar-refractivity contribution in [3.8, 4) is 16.9 Å². The lowest BCUT2D eigenvalue weighted by Gasteiger charge is -2.22. The summed E-state index contributed by atoms with van der Waals surface area (Å²) in [5.41, 5.74) is 2.98. The normalized spacial score (nSPS) is 17.1. The van der Waals surface area contributed by atoms with Crippen LogP contribution in [0.15, 0.2) is 49.1 Å². The molecule has 2 unspecified atom stereocenters. The van der Waals surface area contributed by atoms with Crippen molar-refractivity contribution in [3.05, 3.63) is 60.4 Å². The number of benzene rings is 1. The summed E-state index contributed by atoms with van der Waals surface area (Å²) in [7, 11) is 0. The highest BCUT2D eigenvalue weighted by Crippen LogP contribution is 2.30. The predicted molar refractivity (Wildman–Crippen MR) is 123 cm³/mol. The molecule has 1 aliphatic rings. The van der Waals surface area contributed by atoms with Gasteiger partial charge in [-0.05, 0) is 50.5 Å². The van der Waals surface area contributed by atoms with E-state index in [2.05, 4.69) is 15.5 Å². The van der Waals surface area contributed by atoms with E-state index >= 15 is 0 Å². The van der Waals surface area contributed by atoms with Crippen molar-refractivity contribution in [1.29, 1.82) is 0 Å². The Hall–Kier alpha value is -3.53. The lowest BCUT2D eigenvalue weighted by atomic mass is 10.1. The van der Waals surface area contributed by atoms with Gasteiger partial charge in [0.05, 0.1) is 18.4 Å². The summed E-state index contributed by atoms with van der Waals surface area (Å²) in [5, 5.41) is 12.2. The number of anilines is 1. The lowest BCUT2D eigenvalue weighted by Crippen LogP contribution is -2.18. The first kappa shape index (κ1) is 22.3. The summed E-state index contributed by atoms with van der Waals surface area (Å²) >= 11 is 0. The van der Waals surface area contributed by atoms with E-state index in [0.717, 1.165) is 37.0 Å². The van der Waals surface area contributed by atoms with Crippen LogP contribution in [0.4, 0.5) is 14.6 Å². The molecular weight excluding hydrogens is 442 g/mol. The van der Waals surface area contributed by atoms with Gasteiger partial charge in [-0.3, -0.25) is 0 Å². The van der Waals surface area contributed by atoms with Crippen LogP contribution in [0.25, 0.3) is 16.8 Å². The van der Waals surface area contributed by atoms with Crippen molar-refractivity contribution in [2.45, 2.75) is 38.5 Å². The summed E-state index contributed by atoms with van der Waals surface area (Å²) in [6.07, 6.45) is 10.4. The second-order valence-corrected chi connectivity index (χ2v) is 8.26. The molecule has 3 aromatic heterocycles. The highest BCUT2D eigenvalue weighted by molar-refractivity contribution is 5.76. The van der Waals surface area contributed by atoms with Gasteiger partial charge < -0.3 is 14.8 Å². The monoisotopic (exact) mass is 468 g/mol. The van der Waals surface area contributed by atoms with Crippen LogP contribution in [0.3, 0.4) is 0 Å². The Morgan fingerprint density at radius 1 is 1.24 bits per heavy atom. The summed E-state index contributed by atoms with van der Waals surface area (Å²) in [4.78, 5) is 4.74. The van der Waals surface area contributed by atoms with Crippen LogP contribution < -0.4 is 10.1 Å². The van der Waals surface area contributed by atoms with E-state index in [1.165, 1.54) is 18.2 Å². The fourth-order valence-electron chi connectivity index (χ4n) is 4.16. The number of fused-ring (bicyclic) bond motifs is 1. The molecule has 0 amide bonds. The van der Waals surface area contributed by atoms with Crippen LogP contribution in [0, 0.1) is 5.82 Å². The fourth-order valence-corrected chi connectivity index (χ4v) is 4.16. The van der Waals surface area contributed by atoms with Crippen molar-refractivity contribution < 1.29 is 18.3 Å². The number of hydrogen-bond donors (Lipinski definition) is 1. The first-order valence-corrected chi connectivity index (χ1v) is 11.4. The van der Waals surface area contributed by atoms with E-state index < -0.39 is 12.5 Å². The van der Waals surface area contributed by atoms with Gasteiger partial charge in [0.25, 0.3) is 0 Å². The number of ether oxygens (including phenoxy) is 2. The van der Waals surface area contributed by atoms with E-state index in [0.29, 0.717) is 22.8 Å². The number of hydrogen-bond acceptors (Lipinski definition) is 6. The van der Waals surface area contributed by atoms with Crippen molar-refractivity contribution >= 4 is 11.5 Å². The zero-order valence-corrected chi connectivity index (χ0v) is 18.8. The second kappa shape index (κ2) is 9.76. The summed E-state index contributed by atoms with van der Waals surface area (Å²) in [6, 6.07) is 5.65. The molecule has 8 nitrogen and oxygen atoms in total. The van der Waals surface area contributed by atoms with Crippen LogP contribution in [0.1, 0.15) is 44.0 Å². The smallest absolute Gasteiger partial charge is 0.165 e.